The molecule has 0 saturated heterocycles. The number of nitrogens with zero attached hydrogens (tertiary/aromatic N) is 3. The molecule has 1 aromatic carbocycles. The number of rotatable bonds is 5. The normalized spacial score (nSPS) is 10.4. The first kappa shape index (κ1) is 16.1. The van der Waals surface area contributed by atoms with Crippen LogP contribution >= 0.6 is 11.3 Å². The molecule has 5 nitrogen and oxygen atoms in total. The summed E-state index contributed by atoms with van der Waals surface area (Å²) < 4.78 is 0. The number of hydrogen-bond donors (Lipinski definition) is 1. The van der Waals surface area contributed by atoms with E-state index in [1.807, 2.05) is 61.3 Å². The molecule has 0 aliphatic heterocycles. The molecule has 0 fully saturated rings. The van der Waals surface area contributed by atoms with Crippen LogP contribution in [0.5, 0.6) is 0 Å². The molecule has 0 unspecified atom stereocenters. The highest BCUT2D eigenvalue weighted by molar-refractivity contribution is 7.17. The maximum Gasteiger partial charge on any atom is 0.263 e. The van der Waals surface area contributed by atoms with Gasteiger partial charge in [0.25, 0.3) is 5.91 Å². The van der Waals surface area contributed by atoms with Crippen LogP contribution in [0.1, 0.15) is 20.9 Å². The third-order valence-electron chi connectivity index (χ3n) is 3.60. The Morgan fingerprint density at radius 1 is 1.21 bits per heavy atom. The van der Waals surface area contributed by atoms with Crippen LogP contribution in [0.15, 0.2) is 54.9 Å². The van der Waals surface area contributed by atoms with Gasteiger partial charge in [-0.2, -0.15) is 0 Å². The molecule has 24 heavy (non-hydrogen) atoms. The van der Waals surface area contributed by atoms with Gasteiger partial charge < -0.3 is 10.2 Å². The summed E-state index contributed by atoms with van der Waals surface area (Å²) in [5.41, 5.74) is 2.74. The first-order valence-corrected chi connectivity index (χ1v) is 8.40. The second-order valence-corrected chi connectivity index (χ2v) is 6.33. The van der Waals surface area contributed by atoms with E-state index in [2.05, 4.69) is 15.3 Å². The fourth-order valence-corrected chi connectivity index (χ4v) is 3.23. The van der Waals surface area contributed by atoms with E-state index in [1.165, 1.54) is 11.3 Å². The second kappa shape index (κ2) is 7.23. The van der Waals surface area contributed by atoms with Gasteiger partial charge in [0.05, 0.1) is 5.69 Å². The van der Waals surface area contributed by atoms with Gasteiger partial charge in [-0.15, -0.1) is 0 Å². The molecular formula is C18H18N4OS. The zero-order valence-electron chi connectivity index (χ0n) is 13.6. The number of aromatic nitrogens is 2. The Hall–Kier alpha value is -2.73. The average Bonchev–Trinajstić information content (AvgIpc) is 3.02. The summed E-state index contributed by atoms with van der Waals surface area (Å²) in [7, 11) is 1.95. The Balaban J connectivity index is 1.72. The van der Waals surface area contributed by atoms with Gasteiger partial charge in [-0.3, -0.25) is 9.78 Å². The summed E-state index contributed by atoms with van der Waals surface area (Å²) in [5, 5.41) is 3.72. The van der Waals surface area contributed by atoms with Crippen LogP contribution in [0.25, 0.3) is 0 Å². The molecule has 0 saturated carbocycles. The molecular weight excluding hydrogens is 320 g/mol. The van der Waals surface area contributed by atoms with Crippen molar-refractivity contribution in [3.05, 3.63) is 71.0 Å². The molecule has 6 heteroatoms. The van der Waals surface area contributed by atoms with Gasteiger partial charge in [-0.25, -0.2) is 4.98 Å². The number of para-hydroxylation sites is 1. The summed E-state index contributed by atoms with van der Waals surface area (Å²) in [6, 6.07) is 13.7. The van der Waals surface area contributed by atoms with Crippen LogP contribution in [0.3, 0.4) is 0 Å². The average molecular weight is 338 g/mol. The SMILES string of the molecule is Cc1nc(N(C)c2ccccc2)sc1C(=O)NCc1cccnc1. The summed E-state index contributed by atoms with van der Waals surface area (Å²) in [4.78, 5) is 23.6. The fourth-order valence-electron chi connectivity index (χ4n) is 2.26. The van der Waals surface area contributed by atoms with Crippen molar-refractivity contribution in [1.82, 2.24) is 15.3 Å². The van der Waals surface area contributed by atoms with Crippen molar-refractivity contribution in [3.8, 4) is 0 Å². The van der Waals surface area contributed by atoms with Crippen molar-refractivity contribution in [2.24, 2.45) is 0 Å². The molecule has 0 atom stereocenters. The highest BCUT2D eigenvalue weighted by Gasteiger charge is 2.17. The van der Waals surface area contributed by atoms with Gasteiger partial charge in [-0.05, 0) is 30.7 Å². The largest absolute Gasteiger partial charge is 0.347 e. The summed E-state index contributed by atoms with van der Waals surface area (Å²) in [6.45, 7) is 2.31. The number of thiazole rings is 1. The molecule has 1 N–H and O–H groups in total. The summed E-state index contributed by atoms with van der Waals surface area (Å²) in [6.07, 6.45) is 3.46. The topological polar surface area (TPSA) is 58.1 Å². The second-order valence-electron chi connectivity index (χ2n) is 5.35. The molecule has 0 aliphatic rings. The molecule has 3 rings (SSSR count). The monoisotopic (exact) mass is 338 g/mol. The summed E-state index contributed by atoms with van der Waals surface area (Å²) >= 11 is 1.39. The fraction of sp³-hybridized carbons (Fsp3) is 0.167. The van der Waals surface area contributed by atoms with E-state index in [1.54, 1.807) is 12.4 Å². The Kier molecular flexibility index (Phi) is 4.86. The molecule has 0 radical (unpaired) electrons. The van der Waals surface area contributed by atoms with E-state index in [0.717, 1.165) is 22.1 Å². The van der Waals surface area contributed by atoms with E-state index >= 15 is 0 Å². The summed E-state index contributed by atoms with van der Waals surface area (Å²) in [5.74, 6) is -0.110. The third-order valence-corrected chi connectivity index (χ3v) is 4.83. The predicted octanol–water partition coefficient (Wildman–Crippen LogP) is 3.54. The first-order chi connectivity index (χ1) is 11.6. The van der Waals surface area contributed by atoms with Crippen molar-refractivity contribution in [1.29, 1.82) is 0 Å². The van der Waals surface area contributed by atoms with Gasteiger partial charge in [0.2, 0.25) is 0 Å². The molecule has 2 heterocycles. The Morgan fingerprint density at radius 2 is 2.00 bits per heavy atom. The number of nitrogens with one attached hydrogen (secondary N) is 1. The van der Waals surface area contributed by atoms with Gasteiger partial charge >= 0.3 is 0 Å². The number of carbonyl (C=O) groups is 1. The highest BCUT2D eigenvalue weighted by Crippen LogP contribution is 2.30. The van der Waals surface area contributed by atoms with E-state index < -0.39 is 0 Å². The number of aryl methyl sites for hydroxylation is 1. The number of anilines is 2. The minimum absolute atomic E-state index is 0.110. The quantitative estimate of drug-likeness (QED) is 0.773. The number of amides is 1. The van der Waals surface area contributed by atoms with Crippen molar-refractivity contribution in [3.63, 3.8) is 0 Å². The first-order valence-electron chi connectivity index (χ1n) is 7.58. The van der Waals surface area contributed by atoms with Crippen molar-refractivity contribution < 1.29 is 4.79 Å². The van der Waals surface area contributed by atoms with Crippen LogP contribution in [0.4, 0.5) is 10.8 Å². The zero-order valence-corrected chi connectivity index (χ0v) is 14.4. The van der Waals surface area contributed by atoms with E-state index in [0.29, 0.717) is 11.4 Å². The minimum Gasteiger partial charge on any atom is -0.347 e. The Bertz CT molecular complexity index is 818. The molecule has 2 aromatic heterocycles. The lowest BCUT2D eigenvalue weighted by molar-refractivity contribution is 0.0954. The van der Waals surface area contributed by atoms with Gasteiger partial charge in [0.15, 0.2) is 5.13 Å². The van der Waals surface area contributed by atoms with Crippen LogP contribution in [0.2, 0.25) is 0 Å². The predicted molar refractivity (Wildman–Crippen MR) is 96.8 cm³/mol. The molecule has 1 amide bonds. The van der Waals surface area contributed by atoms with E-state index in [9.17, 15) is 4.79 Å². The highest BCUT2D eigenvalue weighted by atomic mass is 32.1. The van der Waals surface area contributed by atoms with Crippen molar-refractivity contribution in [2.75, 3.05) is 11.9 Å². The minimum atomic E-state index is -0.110. The van der Waals surface area contributed by atoms with Crippen LogP contribution in [-0.4, -0.2) is 22.9 Å². The van der Waals surface area contributed by atoms with Crippen LogP contribution in [-0.2, 0) is 6.54 Å². The van der Waals surface area contributed by atoms with Gasteiger partial charge in [0.1, 0.15) is 4.88 Å². The molecule has 0 aliphatic carbocycles. The van der Waals surface area contributed by atoms with Crippen molar-refractivity contribution in [2.45, 2.75) is 13.5 Å². The maximum absolute atomic E-state index is 12.4. The lowest BCUT2D eigenvalue weighted by Crippen LogP contribution is -2.22. The zero-order chi connectivity index (χ0) is 16.9. The van der Waals surface area contributed by atoms with Crippen LogP contribution in [0, 0.1) is 6.92 Å². The smallest absolute Gasteiger partial charge is 0.263 e. The number of hydrogen-bond acceptors (Lipinski definition) is 5. The number of pyridine rings is 1. The Morgan fingerprint density at radius 3 is 2.71 bits per heavy atom. The third kappa shape index (κ3) is 3.60. The van der Waals surface area contributed by atoms with Gasteiger partial charge in [0, 0.05) is 31.7 Å². The molecule has 3 aromatic rings. The number of carbonyl (C=O) groups excluding carboxylic acids is 1. The van der Waals surface area contributed by atoms with E-state index in [-0.39, 0.29) is 5.91 Å². The maximum atomic E-state index is 12.4. The molecule has 122 valence electrons. The molecule has 0 bridgehead atoms. The Labute approximate surface area is 145 Å². The van der Waals surface area contributed by atoms with E-state index in [4.69, 9.17) is 0 Å². The van der Waals surface area contributed by atoms with Gasteiger partial charge in [-0.1, -0.05) is 35.6 Å². The lowest BCUT2D eigenvalue weighted by Gasteiger charge is -2.15. The van der Waals surface area contributed by atoms with Crippen molar-refractivity contribution >= 4 is 28.1 Å². The molecule has 0 spiro atoms. The van der Waals surface area contributed by atoms with Crippen LogP contribution < -0.4 is 10.2 Å². The number of benzene rings is 1. The standard InChI is InChI=1S/C18H18N4OS/c1-13-16(17(23)20-12-14-7-6-10-19-11-14)24-18(21-13)22(2)15-8-4-3-5-9-15/h3-11H,12H2,1-2H3,(H,20,23). The lowest BCUT2D eigenvalue weighted by atomic mass is 10.3.